The maximum Gasteiger partial charge on any atom is 0.224 e. The fourth-order valence-corrected chi connectivity index (χ4v) is 2.77. The van der Waals surface area contributed by atoms with Gasteiger partial charge in [-0.15, -0.1) is 10.2 Å². The van der Waals surface area contributed by atoms with Crippen LogP contribution in [0.15, 0.2) is 35.1 Å². The summed E-state index contributed by atoms with van der Waals surface area (Å²) in [6.45, 7) is 0.428. The van der Waals surface area contributed by atoms with E-state index in [1.807, 2.05) is 19.2 Å². The van der Waals surface area contributed by atoms with Gasteiger partial charge >= 0.3 is 0 Å². The van der Waals surface area contributed by atoms with E-state index in [4.69, 9.17) is 0 Å². The number of nitrogens with one attached hydrogen (secondary N) is 1. The van der Waals surface area contributed by atoms with Gasteiger partial charge in [0.1, 0.15) is 6.33 Å². The zero-order chi connectivity index (χ0) is 14.1. The molecule has 1 saturated carbocycles. The van der Waals surface area contributed by atoms with Crippen LogP contribution in [0.2, 0.25) is 0 Å². The molecular weight excluding hydrogens is 320 g/mol. The summed E-state index contributed by atoms with van der Waals surface area (Å²) >= 11 is 3.46. The smallest absolute Gasteiger partial charge is 0.224 e. The van der Waals surface area contributed by atoms with Crippen LogP contribution >= 0.6 is 15.9 Å². The molecule has 1 heterocycles. The molecule has 0 bridgehead atoms. The molecule has 3 rings (SSSR count). The number of rotatable bonds is 4. The number of halogens is 1. The van der Waals surface area contributed by atoms with E-state index in [1.165, 1.54) is 5.56 Å². The van der Waals surface area contributed by atoms with Crippen LogP contribution < -0.4 is 5.32 Å². The van der Waals surface area contributed by atoms with Crippen molar-refractivity contribution in [1.82, 2.24) is 20.1 Å². The fourth-order valence-electron chi connectivity index (χ4n) is 2.35. The number of aryl methyl sites for hydroxylation is 1. The van der Waals surface area contributed by atoms with Crippen molar-refractivity contribution in [1.29, 1.82) is 0 Å². The molecule has 0 spiro atoms. The van der Waals surface area contributed by atoms with E-state index in [2.05, 4.69) is 43.6 Å². The van der Waals surface area contributed by atoms with Gasteiger partial charge in [-0.25, -0.2) is 0 Å². The molecule has 20 heavy (non-hydrogen) atoms. The van der Waals surface area contributed by atoms with Crippen LogP contribution in [0, 0.1) is 5.92 Å². The molecule has 1 fully saturated rings. The average molecular weight is 335 g/mol. The summed E-state index contributed by atoms with van der Waals surface area (Å²) in [5, 5.41) is 10.7. The Morgan fingerprint density at radius 3 is 3.10 bits per heavy atom. The van der Waals surface area contributed by atoms with Crippen LogP contribution in [0.5, 0.6) is 0 Å². The van der Waals surface area contributed by atoms with E-state index >= 15 is 0 Å². The molecule has 2 atom stereocenters. The summed E-state index contributed by atoms with van der Waals surface area (Å²) in [6, 6.07) is 8.16. The highest BCUT2D eigenvalue weighted by Crippen LogP contribution is 2.47. The summed E-state index contributed by atoms with van der Waals surface area (Å²) in [6.07, 6.45) is 2.55. The fraction of sp³-hybridized carbons (Fsp3) is 0.357. The molecule has 0 radical (unpaired) electrons. The first kappa shape index (κ1) is 13.3. The predicted octanol–water partition coefficient (Wildman–Crippen LogP) is 2.00. The largest absolute Gasteiger partial charge is 0.349 e. The zero-order valence-corrected chi connectivity index (χ0v) is 12.7. The van der Waals surface area contributed by atoms with Gasteiger partial charge in [0, 0.05) is 17.4 Å². The van der Waals surface area contributed by atoms with Gasteiger partial charge in [-0.3, -0.25) is 4.79 Å². The maximum absolute atomic E-state index is 12.1. The van der Waals surface area contributed by atoms with Crippen LogP contribution in [0.4, 0.5) is 0 Å². The Labute approximate surface area is 125 Å². The monoisotopic (exact) mass is 334 g/mol. The minimum Gasteiger partial charge on any atom is -0.349 e. The standard InChI is InChI=1S/C14H15BrN4O/c1-19-8-17-18-13(19)7-16-14(20)12-6-11(12)9-3-2-4-10(15)5-9/h2-5,8,11-12H,6-7H2,1H3,(H,16,20)/t11-,12+/m0/s1. The van der Waals surface area contributed by atoms with Gasteiger partial charge in [-0.2, -0.15) is 0 Å². The van der Waals surface area contributed by atoms with Gasteiger partial charge in [0.05, 0.1) is 6.54 Å². The van der Waals surface area contributed by atoms with Crippen LogP contribution in [0.1, 0.15) is 23.7 Å². The van der Waals surface area contributed by atoms with E-state index in [9.17, 15) is 4.79 Å². The zero-order valence-electron chi connectivity index (χ0n) is 11.1. The Morgan fingerprint density at radius 1 is 1.55 bits per heavy atom. The second-order valence-electron chi connectivity index (χ2n) is 5.08. The van der Waals surface area contributed by atoms with Gasteiger partial charge in [0.15, 0.2) is 5.82 Å². The number of carbonyl (C=O) groups is 1. The first-order valence-corrected chi connectivity index (χ1v) is 7.30. The summed E-state index contributed by atoms with van der Waals surface area (Å²) in [4.78, 5) is 12.1. The predicted molar refractivity (Wildman–Crippen MR) is 77.8 cm³/mol. The number of amides is 1. The number of hydrogen-bond donors (Lipinski definition) is 1. The number of hydrogen-bond acceptors (Lipinski definition) is 3. The van der Waals surface area contributed by atoms with Crippen molar-refractivity contribution < 1.29 is 4.79 Å². The Hall–Kier alpha value is -1.69. The van der Waals surface area contributed by atoms with Crippen molar-refractivity contribution in [3.63, 3.8) is 0 Å². The average Bonchev–Trinajstić information content (AvgIpc) is 3.13. The molecule has 104 valence electrons. The summed E-state index contributed by atoms with van der Waals surface area (Å²) < 4.78 is 2.86. The Balaban J connectivity index is 1.56. The highest BCUT2D eigenvalue weighted by molar-refractivity contribution is 9.10. The maximum atomic E-state index is 12.1. The van der Waals surface area contributed by atoms with E-state index in [0.29, 0.717) is 12.5 Å². The first-order chi connectivity index (χ1) is 9.65. The van der Waals surface area contributed by atoms with Crippen LogP contribution in [0.3, 0.4) is 0 Å². The number of aromatic nitrogens is 3. The topological polar surface area (TPSA) is 59.8 Å². The SMILES string of the molecule is Cn1cnnc1CNC(=O)[C@@H]1C[C@H]1c1cccc(Br)c1. The molecule has 0 aliphatic heterocycles. The molecule has 1 aliphatic carbocycles. The van der Waals surface area contributed by atoms with E-state index < -0.39 is 0 Å². The van der Waals surface area contributed by atoms with Crippen molar-refractivity contribution in [2.24, 2.45) is 13.0 Å². The van der Waals surface area contributed by atoms with Gasteiger partial charge in [-0.05, 0) is 30.0 Å². The minimum absolute atomic E-state index is 0.0810. The number of nitrogens with zero attached hydrogens (tertiary/aromatic N) is 3. The Bertz CT molecular complexity index is 640. The Morgan fingerprint density at radius 2 is 2.40 bits per heavy atom. The van der Waals surface area contributed by atoms with Crippen molar-refractivity contribution >= 4 is 21.8 Å². The quantitative estimate of drug-likeness (QED) is 0.930. The summed E-state index contributed by atoms with van der Waals surface area (Å²) in [5.74, 6) is 1.28. The molecule has 1 aromatic carbocycles. The molecule has 0 unspecified atom stereocenters. The lowest BCUT2D eigenvalue weighted by Crippen LogP contribution is -2.26. The van der Waals surface area contributed by atoms with E-state index in [1.54, 1.807) is 10.9 Å². The molecule has 6 heteroatoms. The summed E-state index contributed by atoms with van der Waals surface area (Å²) in [7, 11) is 1.86. The van der Waals surface area contributed by atoms with Crippen molar-refractivity contribution in [3.05, 3.63) is 46.5 Å². The molecular formula is C14H15BrN4O. The molecule has 1 aliphatic rings. The van der Waals surface area contributed by atoms with E-state index in [0.717, 1.165) is 16.7 Å². The summed E-state index contributed by atoms with van der Waals surface area (Å²) in [5.41, 5.74) is 1.22. The van der Waals surface area contributed by atoms with Crippen LogP contribution in [-0.4, -0.2) is 20.7 Å². The lowest BCUT2D eigenvalue weighted by molar-refractivity contribution is -0.122. The highest BCUT2D eigenvalue weighted by Gasteiger charge is 2.43. The normalized spacial score (nSPS) is 20.7. The molecule has 1 aromatic heterocycles. The van der Waals surface area contributed by atoms with Gasteiger partial charge in [0.25, 0.3) is 0 Å². The van der Waals surface area contributed by atoms with Crippen molar-refractivity contribution in [2.75, 3.05) is 0 Å². The molecule has 0 saturated heterocycles. The second-order valence-corrected chi connectivity index (χ2v) is 6.00. The van der Waals surface area contributed by atoms with Gasteiger partial charge < -0.3 is 9.88 Å². The second kappa shape index (κ2) is 5.36. The lowest BCUT2D eigenvalue weighted by Gasteiger charge is -2.05. The van der Waals surface area contributed by atoms with Crippen molar-refractivity contribution in [3.8, 4) is 0 Å². The van der Waals surface area contributed by atoms with E-state index in [-0.39, 0.29) is 11.8 Å². The Kier molecular flexibility index (Phi) is 3.56. The minimum atomic E-state index is 0.0810. The van der Waals surface area contributed by atoms with Gasteiger partial charge in [-0.1, -0.05) is 28.1 Å². The number of carbonyl (C=O) groups excluding carboxylic acids is 1. The van der Waals surface area contributed by atoms with Crippen LogP contribution in [-0.2, 0) is 18.4 Å². The third-order valence-corrected chi connectivity index (χ3v) is 4.12. The lowest BCUT2D eigenvalue weighted by atomic mass is 10.1. The third-order valence-electron chi connectivity index (χ3n) is 3.63. The van der Waals surface area contributed by atoms with Crippen molar-refractivity contribution in [2.45, 2.75) is 18.9 Å². The first-order valence-electron chi connectivity index (χ1n) is 6.51. The van der Waals surface area contributed by atoms with Gasteiger partial charge in [0.2, 0.25) is 5.91 Å². The van der Waals surface area contributed by atoms with Crippen LogP contribution in [0.25, 0.3) is 0 Å². The molecule has 1 N–H and O–H groups in total. The molecule has 2 aromatic rings. The third kappa shape index (κ3) is 2.75. The molecule has 5 nitrogen and oxygen atoms in total. The molecule has 1 amide bonds. The number of benzene rings is 1. The highest BCUT2D eigenvalue weighted by atomic mass is 79.9.